The van der Waals surface area contributed by atoms with Crippen LogP contribution >= 0.6 is 0 Å². The second-order valence-corrected chi connectivity index (χ2v) is 5.21. The molecular formula is C14H23N3O2. The number of rotatable bonds is 5. The van der Waals surface area contributed by atoms with Crippen molar-refractivity contribution >= 4 is 5.91 Å². The number of likely N-dealkylation sites (N-methyl/N-ethyl adjacent to an activating group) is 1. The maximum atomic E-state index is 12.1. The minimum Gasteiger partial charge on any atom is -0.376 e. The zero-order valence-electron chi connectivity index (χ0n) is 11.8. The lowest BCUT2D eigenvalue weighted by Crippen LogP contribution is -2.37. The predicted octanol–water partition coefficient (Wildman–Crippen LogP) is 1.61. The van der Waals surface area contributed by atoms with Crippen LogP contribution < -0.4 is 0 Å². The Labute approximate surface area is 114 Å². The van der Waals surface area contributed by atoms with Crippen molar-refractivity contribution in [2.75, 3.05) is 20.2 Å². The molecule has 5 nitrogen and oxygen atoms in total. The van der Waals surface area contributed by atoms with Gasteiger partial charge in [0.25, 0.3) is 0 Å². The second-order valence-electron chi connectivity index (χ2n) is 5.21. The Bertz CT molecular complexity index is 411. The van der Waals surface area contributed by atoms with Crippen molar-refractivity contribution in [2.24, 2.45) is 0 Å². The smallest absolute Gasteiger partial charge is 0.224 e. The molecule has 1 fully saturated rings. The van der Waals surface area contributed by atoms with Crippen molar-refractivity contribution in [3.05, 3.63) is 18.0 Å². The van der Waals surface area contributed by atoms with Crippen LogP contribution in [0.5, 0.6) is 0 Å². The van der Waals surface area contributed by atoms with Crippen molar-refractivity contribution in [2.45, 2.75) is 45.3 Å². The third-order valence-electron chi connectivity index (χ3n) is 3.64. The number of ether oxygens (including phenoxy) is 1. The largest absolute Gasteiger partial charge is 0.376 e. The second kappa shape index (κ2) is 6.70. The zero-order chi connectivity index (χ0) is 13.7. The number of aromatic nitrogens is 2. The molecular weight excluding hydrogens is 242 g/mol. The molecule has 2 heterocycles. The molecule has 1 saturated heterocycles. The molecule has 0 unspecified atom stereocenters. The van der Waals surface area contributed by atoms with Crippen molar-refractivity contribution in [3.63, 3.8) is 0 Å². The highest BCUT2D eigenvalue weighted by molar-refractivity contribution is 5.75. The van der Waals surface area contributed by atoms with Crippen molar-refractivity contribution in [3.8, 4) is 0 Å². The molecule has 5 heteroatoms. The quantitative estimate of drug-likeness (QED) is 0.812. The van der Waals surface area contributed by atoms with Crippen LogP contribution in [0.15, 0.2) is 12.3 Å². The van der Waals surface area contributed by atoms with Gasteiger partial charge in [-0.15, -0.1) is 0 Å². The first-order valence-corrected chi connectivity index (χ1v) is 7.01. The minimum atomic E-state index is 0.157. The van der Waals surface area contributed by atoms with E-state index in [-0.39, 0.29) is 12.0 Å². The van der Waals surface area contributed by atoms with Gasteiger partial charge in [-0.25, -0.2) is 0 Å². The number of amides is 1. The summed E-state index contributed by atoms with van der Waals surface area (Å²) in [6.07, 6.45) is 5.89. The third-order valence-corrected chi connectivity index (χ3v) is 3.64. The molecule has 0 N–H and O–H groups in total. The van der Waals surface area contributed by atoms with Crippen LogP contribution in [0.25, 0.3) is 0 Å². The van der Waals surface area contributed by atoms with Gasteiger partial charge >= 0.3 is 0 Å². The number of aryl methyl sites for hydroxylation is 2. The van der Waals surface area contributed by atoms with E-state index < -0.39 is 0 Å². The highest BCUT2D eigenvalue weighted by Crippen LogP contribution is 2.13. The standard InChI is InChI=1S/C14H23N3O2/c1-12-6-8-15-17(12)9-7-14(18)16(2)11-13-5-3-4-10-19-13/h6,8,13H,3-5,7,9-11H2,1-2H3/t13-/m1/s1. The fourth-order valence-corrected chi connectivity index (χ4v) is 2.38. The van der Waals surface area contributed by atoms with E-state index in [2.05, 4.69) is 5.10 Å². The Balaban J connectivity index is 1.74. The van der Waals surface area contributed by atoms with E-state index in [4.69, 9.17) is 4.74 Å². The molecule has 0 saturated carbocycles. The van der Waals surface area contributed by atoms with Gasteiger partial charge < -0.3 is 9.64 Å². The van der Waals surface area contributed by atoms with Gasteiger partial charge in [0.15, 0.2) is 0 Å². The summed E-state index contributed by atoms with van der Waals surface area (Å²) < 4.78 is 7.52. The van der Waals surface area contributed by atoms with E-state index in [1.165, 1.54) is 6.42 Å². The number of carbonyl (C=O) groups is 1. The molecule has 106 valence electrons. The molecule has 2 rings (SSSR count). The number of carbonyl (C=O) groups excluding carboxylic acids is 1. The van der Waals surface area contributed by atoms with Gasteiger partial charge in [0.2, 0.25) is 5.91 Å². The van der Waals surface area contributed by atoms with Gasteiger partial charge in [-0.1, -0.05) is 0 Å². The Morgan fingerprint density at radius 2 is 2.42 bits per heavy atom. The topological polar surface area (TPSA) is 47.4 Å². The first kappa shape index (κ1) is 14.1. The summed E-state index contributed by atoms with van der Waals surface area (Å²) in [7, 11) is 1.86. The molecule has 1 amide bonds. The molecule has 1 atom stereocenters. The summed E-state index contributed by atoms with van der Waals surface area (Å²) in [4.78, 5) is 13.8. The average Bonchev–Trinajstić information content (AvgIpc) is 2.82. The van der Waals surface area contributed by atoms with Gasteiger partial charge in [0.1, 0.15) is 0 Å². The van der Waals surface area contributed by atoms with Crippen molar-refractivity contribution < 1.29 is 9.53 Å². The monoisotopic (exact) mass is 265 g/mol. The molecule has 19 heavy (non-hydrogen) atoms. The van der Waals surface area contributed by atoms with Crippen LogP contribution in [0.3, 0.4) is 0 Å². The molecule has 1 aliphatic heterocycles. The lowest BCUT2D eigenvalue weighted by atomic mass is 10.1. The first-order valence-electron chi connectivity index (χ1n) is 7.01. The highest BCUT2D eigenvalue weighted by atomic mass is 16.5. The maximum Gasteiger partial charge on any atom is 0.224 e. The Morgan fingerprint density at radius 1 is 1.58 bits per heavy atom. The van der Waals surface area contributed by atoms with Crippen LogP contribution in [0.1, 0.15) is 31.4 Å². The van der Waals surface area contributed by atoms with Crippen LogP contribution in [-0.2, 0) is 16.1 Å². The minimum absolute atomic E-state index is 0.157. The molecule has 0 spiro atoms. The molecule has 0 aromatic carbocycles. The fraction of sp³-hybridized carbons (Fsp3) is 0.714. The van der Waals surface area contributed by atoms with Gasteiger partial charge in [0, 0.05) is 45.1 Å². The van der Waals surface area contributed by atoms with E-state index >= 15 is 0 Å². The van der Waals surface area contributed by atoms with E-state index in [0.29, 0.717) is 19.5 Å². The van der Waals surface area contributed by atoms with Crippen LogP contribution in [0.2, 0.25) is 0 Å². The SMILES string of the molecule is Cc1ccnn1CCC(=O)N(C)C[C@H]1CCCCO1. The van der Waals surface area contributed by atoms with Crippen LogP contribution in [0.4, 0.5) is 0 Å². The van der Waals surface area contributed by atoms with Gasteiger partial charge in [0.05, 0.1) is 6.10 Å². The zero-order valence-corrected chi connectivity index (χ0v) is 11.8. The summed E-state index contributed by atoms with van der Waals surface area (Å²) in [6, 6.07) is 1.95. The molecule has 0 radical (unpaired) electrons. The molecule has 0 bridgehead atoms. The summed E-state index contributed by atoms with van der Waals surface area (Å²) in [5.41, 5.74) is 1.09. The summed E-state index contributed by atoms with van der Waals surface area (Å²) in [5, 5.41) is 4.18. The molecule has 0 aliphatic carbocycles. The molecule has 1 aromatic rings. The number of hydrogen-bond donors (Lipinski definition) is 0. The van der Waals surface area contributed by atoms with Gasteiger partial charge in [-0.2, -0.15) is 5.10 Å². The van der Waals surface area contributed by atoms with E-state index in [1.807, 2.05) is 24.7 Å². The van der Waals surface area contributed by atoms with Gasteiger partial charge in [-0.05, 0) is 32.3 Å². The lowest BCUT2D eigenvalue weighted by molar-refractivity contribution is -0.132. The fourth-order valence-electron chi connectivity index (χ4n) is 2.38. The van der Waals surface area contributed by atoms with Crippen molar-refractivity contribution in [1.29, 1.82) is 0 Å². The lowest BCUT2D eigenvalue weighted by Gasteiger charge is -2.27. The third kappa shape index (κ3) is 4.06. The molecule has 1 aromatic heterocycles. The first-order chi connectivity index (χ1) is 9.16. The highest BCUT2D eigenvalue weighted by Gasteiger charge is 2.18. The van der Waals surface area contributed by atoms with Gasteiger partial charge in [-0.3, -0.25) is 9.48 Å². The van der Waals surface area contributed by atoms with Crippen molar-refractivity contribution in [1.82, 2.24) is 14.7 Å². The Morgan fingerprint density at radius 3 is 3.05 bits per heavy atom. The molecule has 1 aliphatic rings. The normalized spacial score (nSPS) is 19.4. The average molecular weight is 265 g/mol. The Kier molecular flexibility index (Phi) is 4.96. The van der Waals surface area contributed by atoms with E-state index in [1.54, 1.807) is 11.1 Å². The Hall–Kier alpha value is -1.36. The maximum absolute atomic E-state index is 12.1. The van der Waals surface area contributed by atoms with E-state index in [0.717, 1.165) is 25.1 Å². The van der Waals surface area contributed by atoms with E-state index in [9.17, 15) is 4.79 Å². The number of nitrogens with zero attached hydrogens (tertiary/aromatic N) is 3. The predicted molar refractivity (Wildman–Crippen MR) is 72.8 cm³/mol. The summed E-state index contributed by atoms with van der Waals surface area (Å²) >= 11 is 0. The summed E-state index contributed by atoms with van der Waals surface area (Å²) in [5.74, 6) is 0.157. The van der Waals surface area contributed by atoms with Crippen LogP contribution in [-0.4, -0.2) is 46.9 Å². The number of hydrogen-bond acceptors (Lipinski definition) is 3. The van der Waals surface area contributed by atoms with Crippen LogP contribution in [0, 0.1) is 6.92 Å². The summed E-state index contributed by atoms with van der Waals surface area (Å²) in [6.45, 7) is 4.18.